The quantitative estimate of drug-likeness (QED) is 0.364. The highest BCUT2D eigenvalue weighted by atomic mass is 32.2. The van der Waals surface area contributed by atoms with Crippen molar-refractivity contribution in [2.45, 2.75) is 25.3 Å². The van der Waals surface area contributed by atoms with Crippen molar-refractivity contribution >= 4 is 29.3 Å². The molecule has 2 aromatic carbocycles. The van der Waals surface area contributed by atoms with Crippen molar-refractivity contribution in [2.24, 2.45) is 4.99 Å². The molecular formula is C23H24N4OS. The molecule has 0 aliphatic carbocycles. The van der Waals surface area contributed by atoms with Gasteiger partial charge in [-0.1, -0.05) is 23.3 Å². The zero-order valence-electron chi connectivity index (χ0n) is 16.8. The maximum atomic E-state index is 12.8. The third-order valence-electron chi connectivity index (χ3n) is 4.22. The number of aromatic nitrogens is 1. The number of hydrogen-bond donors (Lipinski definition) is 2. The summed E-state index contributed by atoms with van der Waals surface area (Å²) in [7, 11) is 0. The van der Waals surface area contributed by atoms with E-state index in [1.807, 2.05) is 74.7 Å². The van der Waals surface area contributed by atoms with Gasteiger partial charge in [-0.2, -0.15) is 0 Å². The Morgan fingerprint density at radius 3 is 2.45 bits per heavy atom. The fourth-order valence-corrected chi connectivity index (χ4v) is 3.35. The second kappa shape index (κ2) is 9.89. The number of aliphatic imine (C=N–C) groups is 1. The number of nitrogens with zero attached hydrogens (tertiary/aromatic N) is 2. The third-order valence-corrected chi connectivity index (χ3v) is 4.94. The molecule has 1 amide bonds. The summed E-state index contributed by atoms with van der Waals surface area (Å²) >= 11 is 1.66. The molecule has 0 saturated carbocycles. The Morgan fingerprint density at radius 2 is 1.76 bits per heavy atom. The molecule has 1 aromatic heterocycles. The van der Waals surface area contributed by atoms with Crippen molar-refractivity contribution in [1.29, 1.82) is 0 Å². The minimum atomic E-state index is -0.196. The van der Waals surface area contributed by atoms with Gasteiger partial charge in [0.05, 0.1) is 6.54 Å². The van der Waals surface area contributed by atoms with Gasteiger partial charge in [0.15, 0.2) is 0 Å². The molecule has 0 spiro atoms. The number of nitrogens with one attached hydrogen (secondary N) is 2. The molecule has 0 atom stereocenters. The van der Waals surface area contributed by atoms with Gasteiger partial charge < -0.3 is 5.32 Å². The van der Waals surface area contributed by atoms with Crippen molar-refractivity contribution in [3.8, 4) is 0 Å². The Balaban J connectivity index is 1.83. The molecule has 148 valence electrons. The molecule has 0 aliphatic heterocycles. The van der Waals surface area contributed by atoms with Crippen LogP contribution in [0.25, 0.3) is 0 Å². The molecule has 5 nitrogen and oxygen atoms in total. The number of amides is 1. The molecular weight excluding hydrogens is 380 g/mol. The summed E-state index contributed by atoms with van der Waals surface area (Å²) in [5.74, 6) is 0.211. The van der Waals surface area contributed by atoms with Gasteiger partial charge >= 0.3 is 0 Å². The Labute approximate surface area is 175 Å². The lowest BCUT2D eigenvalue weighted by Gasteiger charge is -2.13. The van der Waals surface area contributed by atoms with E-state index >= 15 is 0 Å². The lowest BCUT2D eigenvalue weighted by molar-refractivity contribution is 0.0976. The van der Waals surface area contributed by atoms with Crippen LogP contribution in [-0.4, -0.2) is 23.1 Å². The van der Waals surface area contributed by atoms with E-state index in [0.717, 1.165) is 27.3 Å². The van der Waals surface area contributed by atoms with Gasteiger partial charge in [-0.15, -0.1) is 11.8 Å². The zero-order chi connectivity index (χ0) is 20.6. The van der Waals surface area contributed by atoms with Gasteiger partial charge in [0.1, 0.15) is 0 Å². The highest BCUT2D eigenvalue weighted by Crippen LogP contribution is 2.19. The number of guanidine groups is 1. The first-order valence-electron chi connectivity index (χ1n) is 9.27. The first-order chi connectivity index (χ1) is 14.0. The minimum Gasteiger partial charge on any atom is -0.326 e. The molecule has 0 aliphatic rings. The van der Waals surface area contributed by atoms with Gasteiger partial charge in [-0.3, -0.25) is 15.1 Å². The lowest BCUT2D eigenvalue weighted by atomic mass is 10.1. The molecule has 3 aromatic rings. The van der Waals surface area contributed by atoms with Gasteiger partial charge in [0, 0.05) is 28.5 Å². The fraction of sp³-hybridized carbons (Fsp3) is 0.174. The monoisotopic (exact) mass is 404 g/mol. The average Bonchev–Trinajstić information content (AvgIpc) is 2.72. The Bertz CT molecular complexity index is 998. The number of rotatable bonds is 5. The predicted octanol–water partition coefficient (Wildman–Crippen LogP) is 4.82. The van der Waals surface area contributed by atoms with E-state index in [0.29, 0.717) is 18.1 Å². The second-order valence-electron chi connectivity index (χ2n) is 6.71. The highest BCUT2D eigenvalue weighted by Gasteiger charge is 2.11. The molecule has 0 unspecified atom stereocenters. The lowest BCUT2D eigenvalue weighted by Crippen LogP contribution is -2.36. The van der Waals surface area contributed by atoms with Gasteiger partial charge in [-0.05, 0) is 68.1 Å². The number of pyridine rings is 1. The van der Waals surface area contributed by atoms with Crippen LogP contribution in [0, 0.1) is 13.8 Å². The van der Waals surface area contributed by atoms with Crippen LogP contribution in [0.5, 0.6) is 0 Å². The van der Waals surface area contributed by atoms with Crippen LogP contribution in [0.2, 0.25) is 0 Å². The molecule has 0 fully saturated rings. The summed E-state index contributed by atoms with van der Waals surface area (Å²) in [4.78, 5) is 22.6. The second-order valence-corrected chi connectivity index (χ2v) is 7.59. The summed E-state index contributed by atoms with van der Waals surface area (Å²) in [6.07, 6.45) is 5.49. The predicted molar refractivity (Wildman–Crippen MR) is 121 cm³/mol. The summed E-state index contributed by atoms with van der Waals surface area (Å²) in [5.41, 5.74) is 4.58. The number of carbonyl (C=O) groups is 1. The van der Waals surface area contributed by atoms with Crippen molar-refractivity contribution in [3.05, 3.63) is 89.2 Å². The van der Waals surface area contributed by atoms with Crippen LogP contribution in [0.3, 0.4) is 0 Å². The van der Waals surface area contributed by atoms with E-state index in [1.54, 1.807) is 24.2 Å². The van der Waals surface area contributed by atoms with Crippen molar-refractivity contribution < 1.29 is 4.79 Å². The van der Waals surface area contributed by atoms with Crippen molar-refractivity contribution in [2.75, 3.05) is 11.6 Å². The number of anilines is 1. The fourth-order valence-electron chi connectivity index (χ4n) is 2.89. The van der Waals surface area contributed by atoms with Crippen LogP contribution < -0.4 is 10.6 Å². The standard InChI is InChI=1S/C23H24N4OS/c1-16-11-17(2)13-19(12-16)22(28)27-23(25-15-18-7-9-24-10-8-18)26-20-5-4-6-21(14-20)29-3/h4-14H,15H2,1-3H3,(H2,25,26,27,28). The summed E-state index contributed by atoms with van der Waals surface area (Å²) < 4.78 is 0. The topological polar surface area (TPSA) is 66.4 Å². The first kappa shape index (κ1) is 20.6. The van der Waals surface area contributed by atoms with Crippen LogP contribution in [-0.2, 0) is 6.54 Å². The van der Waals surface area contributed by atoms with Crippen molar-refractivity contribution in [3.63, 3.8) is 0 Å². The molecule has 3 rings (SSSR count). The normalized spacial score (nSPS) is 11.2. The van der Waals surface area contributed by atoms with Gasteiger partial charge in [0.25, 0.3) is 5.91 Å². The number of benzene rings is 2. The van der Waals surface area contributed by atoms with E-state index in [2.05, 4.69) is 20.6 Å². The third kappa shape index (κ3) is 6.19. The van der Waals surface area contributed by atoms with E-state index in [-0.39, 0.29) is 5.91 Å². The number of carbonyl (C=O) groups excluding carboxylic acids is 1. The van der Waals surface area contributed by atoms with Gasteiger partial charge in [0.2, 0.25) is 5.96 Å². The maximum Gasteiger partial charge on any atom is 0.257 e. The number of thioether (sulfide) groups is 1. The zero-order valence-corrected chi connectivity index (χ0v) is 17.6. The maximum absolute atomic E-state index is 12.8. The van der Waals surface area contributed by atoms with E-state index in [9.17, 15) is 4.79 Å². The van der Waals surface area contributed by atoms with Crippen LogP contribution in [0.4, 0.5) is 5.69 Å². The molecule has 0 saturated heterocycles. The van der Waals surface area contributed by atoms with Crippen LogP contribution in [0.1, 0.15) is 27.0 Å². The smallest absolute Gasteiger partial charge is 0.257 e. The molecule has 6 heteroatoms. The largest absolute Gasteiger partial charge is 0.326 e. The van der Waals surface area contributed by atoms with Crippen LogP contribution in [0.15, 0.2) is 76.9 Å². The molecule has 0 bridgehead atoms. The van der Waals surface area contributed by atoms with Gasteiger partial charge in [-0.25, -0.2) is 4.99 Å². The molecule has 29 heavy (non-hydrogen) atoms. The molecule has 2 N–H and O–H groups in total. The highest BCUT2D eigenvalue weighted by molar-refractivity contribution is 7.98. The number of aryl methyl sites for hydroxylation is 2. The summed E-state index contributed by atoms with van der Waals surface area (Å²) in [6.45, 7) is 4.39. The van der Waals surface area contributed by atoms with Crippen LogP contribution >= 0.6 is 11.8 Å². The molecule has 1 heterocycles. The first-order valence-corrected chi connectivity index (χ1v) is 10.5. The summed E-state index contributed by atoms with van der Waals surface area (Å²) in [6, 6.07) is 17.6. The Kier molecular flexibility index (Phi) is 7.03. The molecule has 0 radical (unpaired) electrons. The summed E-state index contributed by atoms with van der Waals surface area (Å²) in [5, 5.41) is 6.16. The SMILES string of the molecule is CSc1cccc(NC(=NCc2ccncc2)NC(=O)c2cc(C)cc(C)c2)c1. The Morgan fingerprint density at radius 1 is 1.03 bits per heavy atom. The van der Waals surface area contributed by atoms with E-state index in [4.69, 9.17) is 0 Å². The number of hydrogen-bond acceptors (Lipinski definition) is 4. The minimum absolute atomic E-state index is 0.196. The van der Waals surface area contributed by atoms with E-state index in [1.165, 1.54) is 0 Å². The average molecular weight is 405 g/mol. The van der Waals surface area contributed by atoms with E-state index < -0.39 is 0 Å². The Hall–Kier alpha value is -3.12. The van der Waals surface area contributed by atoms with Crippen molar-refractivity contribution in [1.82, 2.24) is 10.3 Å².